The fourth-order valence-electron chi connectivity index (χ4n) is 1.04. The van der Waals surface area contributed by atoms with Crippen LogP contribution in [0.3, 0.4) is 0 Å². The van der Waals surface area contributed by atoms with Crippen LogP contribution >= 0.6 is 0 Å². The van der Waals surface area contributed by atoms with Crippen LogP contribution in [0.15, 0.2) is 30.3 Å². The Morgan fingerprint density at radius 3 is 2.50 bits per heavy atom. The largest absolute Gasteiger partial charge is 0.393 e. The molecule has 0 bridgehead atoms. The number of benzene rings is 1. The standard InChI is InChI=1S/C10H10O4/c1-10(13,9(12)14-7-11)8-5-3-2-4-6-8/h2-7,13H,1H3/t10-/m1/s1. The topological polar surface area (TPSA) is 63.6 Å². The third-order valence-corrected chi connectivity index (χ3v) is 1.89. The van der Waals surface area contributed by atoms with Crippen LogP contribution in [0, 0.1) is 0 Å². The molecule has 1 aromatic rings. The molecule has 0 spiro atoms. The van der Waals surface area contributed by atoms with Crippen LogP contribution in [-0.4, -0.2) is 17.5 Å². The highest BCUT2D eigenvalue weighted by atomic mass is 16.6. The minimum atomic E-state index is -1.79. The van der Waals surface area contributed by atoms with Gasteiger partial charge >= 0.3 is 12.4 Å². The van der Waals surface area contributed by atoms with Gasteiger partial charge in [-0.2, -0.15) is 0 Å². The van der Waals surface area contributed by atoms with Crippen LogP contribution in [0.5, 0.6) is 0 Å². The molecule has 1 atom stereocenters. The van der Waals surface area contributed by atoms with Gasteiger partial charge < -0.3 is 9.84 Å². The minimum absolute atomic E-state index is 0.000255. The smallest absolute Gasteiger partial charge is 0.349 e. The lowest BCUT2D eigenvalue weighted by molar-refractivity contribution is -0.167. The summed E-state index contributed by atoms with van der Waals surface area (Å²) in [6.45, 7) is 1.27. The third kappa shape index (κ3) is 1.97. The van der Waals surface area contributed by atoms with Gasteiger partial charge in [-0.05, 0) is 12.5 Å². The lowest BCUT2D eigenvalue weighted by Crippen LogP contribution is -2.33. The molecule has 1 rings (SSSR count). The first-order chi connectivity index (χ1) is 6.59. The van der Waals surface area contributed by atoms with E-state index in [0.29, 0.717) is 5.56 Å². The zero-order valence-electron chi connectivity index (χ0n) is 7.64. The molecule has 14 heavy (non-hydrogen) atoms. The molecule has 0 fully saturated rings. The molecule has 0 aliphatic rings. The average molecular weight is 194 g/mol. The molecule has 4 nitrogen and oxygen atoms in total. The first-order valence-electron chi connectivity index (χ1n) is 4.01. The number of hydrogen-bond acceptors (Lipinski definition) is 4. The van der Waals surface area contributed by atoms with Crippen LogP contribution in [0.4, 0.5) is 0 Å². The zero-order valence-corrected chi connectivity index (χ0v) is 7.64. The summed E-state index contributed by atoms with van der Waals surface area (Å²) in [6, 6.07) is 8.26. The highest BCUT2D eigenvalue weighted by molar-refractivity contribution is 5.85. The van der Waals surface area contributed by atoms with Gasteiger partial charge in [-0.1, -0.05) is 30.3 Å². The second-order valence-corrected chi connectivity index (χ2v) is 2.94. The first kappa shape index (κ1) is 10.4. The van der Waals surface area contributed by atoms with Crippen LogP contribution < -0.4 is 0 Å². The van der Waals surface area contributed by atoms with Crippen molar-refractivity contribution < 1.29 is 19.4 Å². The molecule has 4 heteroatoms. The Bertz CT molecular complexity index is 329. The maximum atomic E-state index is 11.2. The summed E-state index contributed by atoms with van der Waals surface area (Å²) in [7, 11) is 0. The second kappa shape index (κ2) is 4.02. The van der Waals surface area contributed by atoms with E-state index < -0.39 is 11.6 Å². The summed E-state index contributed by atoms with van der Waals surface area (Å²) in [5.41, 5.74) is -1.41. The summed E-state index contributed by atoms with van der Waals surface area (Å²) >= 11 is 0. The van der Waals surface area contributed by atoms with Crippen LogP contribution in [-0.2, 0) is 19.9 Å². The van der Waals surface area contributed by atoms with Crippen molar-refractivity contribution in [2.45, 2.75) is 12.5 Å². The molecule has 0 heterocycles. The van der Waals surface area contributed by atoms with Gasteiger partial charge in [0.05, 0.1) is 0 Å². The van der Waals surface area contributed by atoms with Gasteiger partial charge in [-0.15, -0.1) is 0 Å². The number of carbonyl (C=O) groups is 2. The number of aliphatic hydroxyl groups is 1. The van der Waals surface area contributed by atoms with E-state index in [9.17, 15) is 14.7 Å². The van der Waals surface area contributed by atoms with E-state index in [1.54, 1.807) is 30.3 Å². The molecular formula is C10H10O4. The maximum Gasteiger partial charge on any atom is 0.349 e. The monoisotopic (exact) mass is 194 g/mol. The van der Waals surface area contributed by atoms with Crippen molar-refractivity contribution in [1.29, 1.82) is 0 Å². The fourth-order valence-corrected chi connectivity index (χ4v) is 1.04. The fraction of sp³-hybridized carbons (Fsp3) is 0.200. The summed E-state index contributed by atoms with van der Waals surface area (Å²) in [4.78, 5) is 21.1. The predicted octanol–water partition coefficient (Wildman–Crippen LogP) is 0.594. The Balaban J connectivity index is 2.95. The lowest BCUT2D eigenvalue weighted by atomic mass is 9.96. The summed E-state index contributed by atoms with van der Waals surface area (Å²) in [6.07, 6.45) is 0. The van der Waals surface area contributed by atoms with Crippen molar-refractivity contribution in [2.75, 3.05) is 0 Å². The van der Waals surface area contributed by atoms with Gasteiger partial charge in [0.15, 0.2) is 5.60 Å². The van der Waals surface area contributed by atoms with E-state index in [1.165, 1.54) is 6.92 Å². The van der Waals surface area contributed by atoms with E-state index >= 15 is 0 Å². The Hall–Kier alpha value is -1.68. The molecule has 0 unspecified atom stereocenters. The quantitative estimate of drug-likeness (QED) is 0.434. The van der Waals surface area contributed by atoms with Crippen molar-refractivity contribution >= 4 is 12.4 Å². The minimum Gasteiger partial charge on any atom is -0.393 e. The Labute approximate surface area is 81.1 Å². The zero-order chi connectivity index (χ0) is 10.6. The molecule has 1 aromatic carbocycles. The van der Waals surface area contributed by atoms with E-state index in [2.05, 4.69) is 4.74 Å². The normalized spacial score (nSPS) is 14.1. The van der Waals surface area contributed by atoms with Gasteiger partial charge in [0.1, 0.15) is 0 Å². The van der Waals surface area contributed by atoms with Gasteiger partial charge in [-0.3, -0.25) is 4.79 Å². The highest BCUT2D eigenvalue weighted by Crippen LogP contribution is 2.21. The molecule has 0 aromatic heterocycles. The lowest BCUT2D eigenvalue weighted by Gasteiger charge is -2.19. The van der Waals surface area contributed by atoms with Crippen molar-refractivity contribution in [1.82, 2.24) is 0 Å². The van der Waals surface area contributed by atoms with E-state index in [0.717, 1.165) is 0 Å². The number of hydrogen-bond donors (Lipinski definition) is 1. The highest BCUT2D eigenvalue weighted by Gasteiger charge is 2.34. The molecule has 0 radical (unpaired) electrons. The number of ether oxygens (including phenoxy) is 1. The molecule has 0 saturated carbocycles. The molecule has 0 aliphatic carbocycles. The molecule has 0 amide bonds. The van der Waals surface area contributed by atoms with Crippen LogP contribution in [0.25, 0.3) is 0 Å². The Morgan fingerprint density at radius 2 is 2.00 bits per heavy atom. The summed E-state index contributed by atoms with van der Waals surface area (Å²) < 4.78 is 4.09. The third-order valence-electron chi connectivity index (χ3n) is 1.89. The molecule has 1 N–H and O–H groups in total. The van der Waals surface area contributed by atoms with Gasteiger partial charge in [0.25, 0.3) is 0 Å². The van der Waals surface area contributed by atoms with Crippen molar-refractivity contribution in [3.05, 3.63) is 35.9 Å². The molecule has 0 saturated heterocycles. The van der Waals surface area contributed by atoms with Crippen molar-refractivity contribution in [3.8, 4) is 0 Å². The van der Waals surface area contributed by atoms with Crippen molar-refractivity contribution in [2.24, 2.45) is 0 Å². The Kier molecular flexibility index (Phi) is 2.99. The predicted molar refractivity (Wildman–Crippen MR) is 48.2 cm³/mol. The average Bonchev–Trinajstić information content (AvgIpc) is 2.19. The summed E-state index contributed by atoms with van der Waals surface area (Å²) in [5, 5.41) is 9.75. The van der Waals surface area contributed by atoms with Crippen LogP contribution in [0.1, 0.15) is 12.5 Å². The van der Waals surface area contributed by atoms with E-state index in [4.69, 9.17) is 0 Å². The van der Waals surface area contributed by atoms with Gasteiger partial charge in [0, 0.05) is 0 Å². The molecular weight excluding hydrogens is 184 g/mol. The van der Waals surface area contributed by atoms with Crippen molar-refractivity contribution in [3.63, 3.8) is 0 Å². The number of rotatable bonds is 3. The van der Waals surface area contributed by atoms with Gasteiger partial charge in [-0.25, -0.2) is 4.79 Å². The van der Waals surface area contributed by atoms with E-state index in [-0.39, 0.29) is 6.47 Å². The Morgan fingerprint density at radius 1 is 1.43 bits per heavy atom. The number of esters is 1. The maximum absolute atomic E-state index is 11.2. The van der Waals surface area contributed by atoms with Gasteiger partial charge in [0.2, 0.25) is 0 Å². The molecule has 74 valence electrons. The molecule has 0 aliphatic heterocycles. The summed E-state index contributed by atoms with van der Waals surface area (Å²) in [5.74, 6) is -0.987. The van der Waals surface area contributed by atoms with E-state index in [1.807, 2.05) is 0 Å². The number of carbonyl (C=O) groups excluding carboxylic acids is 2. The van der Waals surface area contributed by atoms with Crippen LogP contribution in [0.2, 0.25) is 0 Å². The first-order valence-corrected chi connectivity index (χ1v) is 4.01. The SMILES string of the molecule is C[C@](O)(C(=O)OC=O)c1ccccc1. The second-order valence-electron chi connectivity index (χ2n) is 2.94.